The van der Waals surface area contributed by atoms with Crippen molar-refractivity contribution in [3.05, 3.63) is 55.2 Å². The summed E-state index contributed by atoms with van der Waals surface area (Å²) in [6, 6.07) is 9.70. The monoisotopic (exact) mass is 374 g/mol. The van der Waals surface area contributed by atoms with Crippen LogP contribution in [0, 0.1) is 0 Å². The zero-order chi connectivity index (χ0) is 18.8. The average Bonchev–Trinajstić information content (AvgIpc) is 3.50. The molecule has 0 amide bonds. The summed E-state index contributed by atoms with van der Waals surface area (Å²) in [6.07, 6.45) is 8.09. The topological polar surface area (TPSA) is 107 Å². The second-order valence-electron chi connectivity index (χ2n) is 6.54. The SMILES string of the molecule is c1cc(-c2ccon2)nc(-c2ccnc(Nc3cnn(C4CCNC4)c3)n2)c1. The molecule has 140 valence electrons. The molecule has 0 saturated carbocycles. The molecule has 5 rings (SSSR count). The van der Waals surface area contributed by atoms with Gasteiger partial charge in [0.15, 0.2) is 0 Å². The summed E-state index contributed by atoms with van der Waals surface area (Å²) in [5.74, 6) is 0.496. The first kappa shape index (κ1) is 16.6. The molecule has 2 N–H and O–H groups in total. The van der Waals surface area contributed by atoms with Crippen LogP contribution in [0.25, 0.3) is 22.8 Å². The number of pyridine rings is 1. The van der Waals surface area contributed by atoms with Crippen LogP contribution in [-0.2, 0) is 0 Å². The maximum atomic E-state index is 4.90. The minimum Gasteiger partial charge on any atom is -0.364 e. The largest absolute Gasteiger partial charge is 0.364 e. The maximum Gasteiger partial charge on any atom is 0.227 e. The van der Waals surface area contributed by atoms with Gasteiger partial charge in [0, 0.05) is 25.0 Å². The lowest BCUT2D eigenvalue weighted by Gasteiger charge is -2.08. The number of hydrogen-bond donors (Lipinski definition) is 2. The summed E-state index contributed by atoms with van der Waals surface area (Å²) < 4.78 is 6.88. The second kappa shape index (κ2) is 7.20. The summed E-state index contributed by atoms with van der Waals surface area (Å²) >= 11 is 0. The van der Waals surface area contributed by atoms with E-state index < -0.39 is 0 Å². The van der Waals surface area contributed by atoms with Crippen molar-refractivity contribution >= 4 is 11.6 Å². The molecular weight excluding hydrogens is 356 g/mol. The van der Waals surface area contributed by atoms with Gasteiger partial charge in [-0.3, -0.25) is 4.68 Å². The Morgan fingerprint density at radius 3 is 2.79 bits per heavy atom. The zero-order valence-electron chi connectivity index (χ0n) is 15.0. The number of rotatable bonds is 5. The summed E-state index contributed by atoms with van der Waals surface area (Å²) in [5.41, 5.74) is 3.72. The lowest BCUT2D eigenvalue weighted by Crippen LogP contribution is -2.13. The van der Waals surface area contributed by atoms with Crippen molar-refractivity contribution in [3.63, 3.8) is 0 Å². The van der Waals surface area contributed by atoms with Crippen molar-refractivity contribution in [2.24, 2.45) is 0 Å². The average molecular weight is 374 g/mol. The third kappa shape index (κ3) is 3.35. The number of nitrogens with zero attached hydrogens (tertiary/aromatic N) is 6. The van der Waals surface area contributed by atoms with E-state index in [2.05, 4.69) is 35.8 Å². The molecule has 4 aromatic rings. The van der Waals surface area contributed by atoms with Crippen molar-refractivity contribution < 1.29 is 4.52 Å². The van der Waals surface area contributed by atoms with E-state index in [0.717, 1.165) is 42.3 Å². The van der Waals surface area contributed by atoms with E-state index in [0.29, 0.717) is 17.7 Å². The van der Waals surface area contributed by atoms with Crippen LogP contribution < -0.4 is 10.6 Å². The number of aromatic nitrogens is 6. The van der Waals surface area contributed by atoms with Gasteiger partial charge < -0.3 is 15.2 Å². The van der Waals surface area contributed by atoms with Gasteiger partial charge in [0.25, 0.3) is 0 Å². The summed E-state index contributed by atoms with van der Waals surface area (Å²) in [4.78, 5) is 13.5. The van der Waals surface area contributed by atoms with Crippen LogP contribution in [0.4, 0.5) is 11.6 Å². The predicted octanol–water partition coefficient (Wildman–Crippen LogP) is 2.67. The normalized spacial score (nSPS) is 16.4. The first-order valence-corrected chi connectivity index (χ1v) is 9.08. The van der Waals surface area contributed by atoms with Crippen molar-refractivity contribution in [3.8, 4) is 22.8 Å². The van der Waals surface area contributed by atoms with E-state index >= 15 is 0 Å². The van der Waals surface area contributed by atoms with Crippen molar-refractivity contribution in [2.45, 2.75) is 12.5 Å². The molecule has 0 radical (unpaired) electrons. The molecule has 0 aromatic carbocycles. The Morgan fingerprint density at radius 2 is 1.96 bits per heavy atom. The van der Waals surface area contributed by atoms with E-state index in [1.165, 1.54) is 6.26 Å². The minimum atomic E-state index is 0.395. The van der Waals surface area contributed by atoms with Crippen LogP contribution in [0.3, 0.4) is 0 Å². The fourth-order valence-electron chi connectivity index (χ4n) is 3.22. The van der Waals surface area contributed by atoms with Crippen molar-refractivity contribution in [1.82, 2.24) is 35.2 Å². The Kier molecular flexibility index (Phi) is 4.26. The van der Waals surface area contributed by atoms with Crippen LogP contribution in [-0.4, -0.2) is 43.0 Å². The third-order valence-corrected chi connectivity index (χ3v) is 4.63. The molecule has 1 saturated heterocycles. The third-order valence-electron chi connectivity index (χ3n) is 4.63. The summed E-state index contributed by atoms with van der Waals surface area (Å²) in [6.45, 7) is 1.97. The highest BCUT2D eigenvalue weighted by molar-refractivity contribution is 5.62. The van der Waals surface area contributed by atoms with E-state index in [-0.39, 0.29) is 0 Å². The van der Waals surface area contributed by atoms with E-state index in [1.54, 1.807) is 18.5 Å². The molecule has 0 bridgehead atoms. The predicted molar refractivity (Wildman–Crippen MR) is 103 cm³/mol. The van der Waals surface area contributed by atoms with Gasteiger partial charge in [-0.2, -0.15) is 5.10 Å². The quantitative estimate of drug-likeness (QED) is 0.549. The van der Waals surface area contributed by atoms with Gasteiger partial charge in [0.05, 0.1) is 35.0 Å². The lowest BCUT2D eigenvalue weighted by atomic mass is 10.2. The van der Waals surface area contributed by atoms with Gasteiger partial charge >= 0.3 is 0 Å². The highest BCUT2D eigenvalue weighted by atomic mass is 16.5. The highest BCUT2D eigenvalue weighted by Crippen LogP contribution is 2.22. The lowest BCUT2D eigenvalue weighted by molar-refractivity contribution is 0.422. The van der Waals surface area contributed by atoms with Crippen LogP contribution in [0.2, 0.25) is 0 Å². The van der Waals surface area contributed by atoms with Crippen LogP contribution in [0.15, 0.2) is 59.7 Å². The summed E-state index contributed by atoms with van der Waals surface area (Å²) in [5, 5.41) is 14.9. The standard InChI is InChI=1S/C19H18N8O/c1-2-15(24-16(3-1)18-6-9-28-26-18)17-5-8-21-19(25-17)23-13-10-22-27(12-13)14-4-7-20-11-14/h1-3,5-6,8-10,12,14,20H,4,7,11H2,(H,21,23,25). The fraction of sp³-hybridized carbons (Fsp3) is 0.211. The Balaban J connectivity index is 1.37. The fourth-order valence-corrected chi connectivity index (χ4v) is 3.22. The first-order valence-electron chi connectivity index (χ1n) is 9.08. The molecule has 0 aliphatic carbocycles. The van der Waals surface area contributed by atoms with Gasteiger partial charge in [-0.1, -0.05) is 11.2 Å². The van der Waals surface area contributed by atoms with Crippen LogP contribution in [0.5, 0.6) is 0 Å². The Hall–Kier alpha value is -3.59. The van der Waals surface area contributed by atoms with Gasteiger partial charge in [-0.25, -0.2) is 15.0 Å². The van der Waals surface area contributed by atoms with Gasteiger partial charge in [0.1, 0.15) is 12.0 Å². The Labute approximate surface area is 160 Å². The first-order chi connectivity index (χ1) is 13.8. The zero-order valence-corrected chi connectivity index (χ0v) is 15.0. The molecule has 28 heavy (non-hydrogen) atoms. The minimum absolute atomic E-state index is 0.395. The van der Waals surface area contributed by atoms with Gasteiger partial charge in [-0.05, 0) is 31.2 Å². The molecule has 1 aliphatic heterocycles. The number of hydrogen-bond acceptors (Lipinski definition) is 8. The molecule has 9 heteroatoms. The molecule has 5 heterocycles. The van der Waals surface area contributed by atoms with E-state index in [1.807, 2.05) is 35.1 Å². The molecule has 1 unspecified atom stereocenters. The highest BCUT2D eigenvalue weighted by Gasteiger charge is 2.17. The molecular formula is C19H18N8O. The van der Waals surface area contributed by atoms with Crippen LogP contribution in [0.1, 0.15) is 12.5 Å². The van der Waals surface area contributed by atoms with Gasteiger partial charge in [0.2, 0.25) is 5.95 Å². The van der Waals surface area contributed by atoms with Crippen molar-refractivity contribution in [1.29, 1.82) is 0 Å². The Morgan fingerprint density at radius 1 is 1.07 bits per heavy atom. The maximum absolute atomic E-state index is 4.90. The second-order valence-corrected chi connectivity index (χ2v) is 6.54. The molecule has 4 aromatic heterocycles. The smallest absolute Gasteiger partial charge is 0.227 e. The van der Waals surface area contributed by atoms with E-state index in [4.69, 9.17) is 4.52 Å². The van der Waals surface area contributed by atoms with Crippen molar-refractivity contribution in [2.75, 3.05) is 18.4 Å². The molecule has 1 atom stereocenters. The molecule has 1 aliphatic rings. The number of anilines is 2. The molecule has 1 fully saturated rings. The molecule has 9 nitrogen and oxygen atoms in total. The van der Waals surface area contributed by atoms with Gasteiger partial charge in [-0.15, -0.1) is 0 Å². The Bertz CT molecular complexity index is 1070. The molecule has 0 spiro atoms. The summed E-state index contributed by atoms with van der Waals surface area (Å²) in [7, 11) is 0. The van der Waals surface area contributed by atoms with E-state index in [9.17, 15) is 0 Å². The number of nitrogens with one attached hydrogen (secondary N) is 2. The van der Waals surface area contributed by atoms with Crippen LogP contribution >= 0.6 is 0 Å².